The molecule has 0 saturated carbocycles. The Kier molecular flexibility index (Phi) is 6.05. The lowest BCUT2D eigenvalue weighted by molar-refractivity contribution is -0.139. The fourth-order valence-electron chi connectivity index (χ4n) is 3.39. The molecule has 0 bridgehead atoms. The van der Waals surface area contributed by atoms with Crippen LogP contribution in [0.5, 0.6) is 5.75 Å². The number of carbonyl (C=O) groups is 2. The summed E-state index contributed by atoms with van der Waals surface area (Å²) in [5.41, 5.74) is 1.17. The summed E-state index contributed by atoms with van der Waals surface area (Å²) in [6.45, 7) is 2.44. The van der Waals surface area contributed by atoms with Crippen LogP contribution in [0, 0.1) is 0 Å². The van der Waals surface area contributed by atoms with Gasteiger partial charge in [0, 0.05) is 17.1 Å². The van der Waals surface area contributed by atoms with Crippen LogP contribution in [-0.4, -0.2) is 35.4 Å². The molecule has 1 aliphatic rings. The average molecular weight is 400 g/mol. The molecule has 28 heavy (non-hydrogen) atoms. The SMILES string of the molecule is CCCCN1C(=O)C(=O)/C(=C(\O)c2cccc(Cl)c2)C1c1cccc(OC)c1. The maximum atomic E-state index is 12.8. The zero-order chi connectivity index (χ0) is 20.3. The first kappa shape index (κ1) is 20.0. The van der Waals surface area contributed by atoms with Gasteiger partial charge < -0.3 is 14.7 Å². The molecule has 1 aliphatic heterocycles. The molecule has 0 aliphatic carbocycles. The number of benzene rings is 2. The van der Waals surface area contributed by atoms with E-state index in [9.17, 15) is 14.7 Å². The molecule has 2 aromatic rings. The van der Waals surface area contributed by atoms with Crippen molar-refractivity contribution in [1.82, 2.24) is 4.90 Å². The number of amides is 1. The summed E-state index contributed by atoms with van der Waals surface area (Å²) in [6, 6.07) is 13.1. The normalized spacial score (nSPS) is 18.5. The molecule has 1 amide bonds. The standard InChI is InChI=1S/C22H22ClNO4/c1-3-4-11-24-19(14-7-6-10-17(13-14)28-2)18(21(26)22(24)27)20(25)15-8-5-9-16(23)12-15/h5-10,12-13,19,25H,3-4,11H2,1-2H3/b20-18-. The minimum absolute atomic E-state index is 0.0663. The smallest absolute Gasteiger partial charge is 0.295 e. The van der Waals surface area contributed by atoms with Gasteiger partial charge in [0.25, 0.3) is 11.7 Å². The first-order chi connectivity index (χ1) is 13.5. The second-order valence-corrected chi connectivity index (χ2v) is 7.07. The van der Waals surface area contributed by atoms with Crippen LogP contribution in [0.1, 0.15) is 36.9 Å². The Balaban J connectivity index is 2.18. The molecule has 1 atom stereocenters. The van der Waals surface area contributed by atoms with E-state index >= 15 is 0 Å². The van der Waals surface area contributed by atoms with Crippen LogP contribution < -0.4 is 4.74 Å². The van der Waals surface area contributed by atoms with E-state index in [2.05, 4.69) is 0 Å². The van der Waals surface area contributed by atoms with E-state index in [1.165, 1.54) is 4.90 Å². The number of halogens is 1. The van der Waals surface area contributed by atoms with Gasteiger partial charge in [-0.25, -0.2) is 0 Å². The number of nitrogens with zero attached hydrogens (tertiary/aromatic N) is 1. The topological polar surface area (TPSA) is 66.8 Å². The van der Waals surface area contributed by atoms with E-state index in [1.807, 2.05) is 13.0 Å². The van der Waals surface area contributed by atoms with Gasteiger partial charge in [0.05, 0.1) is 18.7 Å². The number of methoxy groups -OCH3 is 1. The lowest BCUT2D eigenvalue weighted by Crippen LogP contribution is -2.30. The van der Waals surface area contributed by atoms with E-state index in [4.69, 9.17) is 16.3 Å². The first-order valence-corrected chi connectivity index (χ1v) is 9.54. The van der Waals surface area contributed by atoms with Crippen molar-refractivity contribution in [3.05, 3.63) is 70.3 Å². The fourth-order valence-corrected chi connectivity index (χ4v) is 3.58. The predicted octanol–water partition coefficient (Wildman–Crippen LogP) is 4.57. The molecule has 0 radical (unpaired) electrons. The summed E-state index contributed by atoms with van der Waals surface area (Å²) in [7, 11) is 1.55. The highest BCUT2D eigenvalue weighted by molar-refractivity contribution is 6.46. The number of rotatable bonds is 6. The van der Waals surface area contributed by atoms with E-state index in [0.29, 0.717) is 28.4 Å². The third kappa shape index (κ3) is 3.76. The number of likely N-dealkylation sites (tertiary alicyclic amines) is 1. The highest BCUT2D eigenvalue weighted by atomic mass is 35.5. The Morgan fingerprint density at radius 2 is 1.93 bits per heavy atom. The number of aliphatic hydroxyl groups is 1. The van der Waals surface area contributed by atoms with Gasteiger partial charge in [0.2, 0.25) is 0 Å². The summed E-state index contributed by atoms with van der Waals surface area (Å²) in [5.74, 6) is -0.916. The van der Waals surface area contributed by atoms with E-state index in [0.717, 1.165) is 12.8 Å². The molecule has 2 aromatic carbocycles. The van der Waals surface area contributed by atoms with Gasteiger partial charge in [0.1, 0.15) is 11.5 Å². The summed E-state index contributed by atoms with van der Waals surface area (Å²) >= 11 is 6.04. The lowest BCUT2D eigenvalue weighted by Gasteiger charge is -2.25. The summed E-state index contributed by atoms with van der Waals surface area (Å²) in [4.78, 5) is 27.1. The molecule has 3 rings (SSSR count). The second kappa shape index (κ2) is 8.48. The van der Waals surface area contributed by atoms with Crippen molar-refractivity contribution < 1.29 is 19.4 Å². The minimum atomic E-state index is -0.693. The second-order valence-electron chi connectivity index (χ2n) is 6.63. The molecule has 1 N–H and O–H groups in total. The average Bonchev–Trinajstić information content (AvgIpc) is 2.96. The number of unbranched alkanes of at least 4 members (excludes halogenated alkanes) is 1. The van der Waals surface area contributed by atoms with Gasteiger partial charge >= 0.3 is 0 Å². The number of aliphatic hydroxyl groups excluding tert-OH is 1. The van der Waals surface area contributed by atoms with E-state index < -0.39 is 17.7 Å². The van der Waals surface area contributed by atoms with Crippen molar-refractivity contribution in [2.24, 2.45) is 0 Å². The van der Waals surface area contributed by atoms with Crippen molar-refractivity contribution in [2.45, 2.75) is 25.8 Å². The Morgan fingerprint density at radius 1 is 1.18 bits per heavy atom. The predicted molar refractivity (Wildman–Crippen MR) is 108 cm³/mol. The van der Waals surface area contributed by atoms with Gasteiger partial charge in [0.15, 0.2) is 0 Å². The van der Waals surface area contributed by atoms with Crippen molar-refractivity contribution >= 4 is 29.1 Å². The molecular weight excluding hydrogens is 378 g/mol. The zero-order valence-corrected chi connectivity index (χ0v) is 16.6. The quantitative estimate of drug-likeness (QED) is 0.439. The lowest BCUT2D eigenvalue weighted by atomic mass is 9.95. The maximum absolute atomic E-state index is 12.8. The molecular formula is C22H22ClNO4. The Hall–Kier alpha value is -2.79. The molecule has 0 spiro atoms. The maximum Gasteiger partial charge on any atom is 0.295 e. The Morgan fingerprint density at radius 3 is 2.61 bits per heavy atom. The number of ether oxygens (including phenoxy) is 1. The van der Waals surface area contributed by atoms with Crippen LogP contribution in [0.4, 0.5) is 0 Å². The number of hydrogen-bond acceptors (Lipinski definition) is 4. The van der Waals surface area contributed by atoms with Crippen molar-refractivity contribution in [2.75, 3.05) is 13.7 Å². The Bertz CT molecular complexity index is 938. The molecule has 0 aromatic heterocycles. The first-order valence-electron chi connectivity index (χ1n) is 9.16. The highest BCUT2D eigenvalue weighted by Crippen LogP contribution is 2.40. The largest absolute Gasteiger partial charge is 0.507 e. The third-order valence-corrected chi connectivity index (χ3v) is 5.04. The van der Waals surface area contributed by atoms with E-state index in [1.54, 1.807) is 49.6 Å². The minimum Gasteiger partial charge on any atom is -0.507 e. The molecule has 1 fully saturated rings. The monoisotopic (exact) mass is 399 g/mol. The van der Waals surface area contributed by atoms with Crippen LogP contribution in [0.3, 0.4) is 0 Å². The number of Topliss-reactive ketones (excluding diaryl/α,β-unsaturated/α-hetero) is 1. The molecule has 5 nitrogen and oxygen atoms in total. The highest BCUT2D eigenvalue weighted by Gasteiger charge is 2.45. The molecule has 1 heterocycles. The van der Waals surface area contributed by atoms with Crippen LogP contribution in [0.15, 0.2) is 54.1 Å². The van der Waals surface area contributed by atoms with Crippen molar-refractivity contribution in [3.8, 4) is 5.75 Å². The Labute approximate surface area is 169 Å². The third-order valence-electron chi connectivity index (χ3n) is 4.80. The summed E-state index contributed by atoms with van der Waals surface area (Å²) in [5, 5.41) is 11.4. The van der Waals surface area contributed by atoms with Crippen molar-refractivity contribution in [1.29, 1.82) is 0 Å². The molecule has 1 saturated heterocycles. The van der Waals surface area contributed by atoms with E-state index in [-0.39, 0.29) is 11.3 Å². The van der Waals surface area contributed by atoms with Gasteiger partial charge in [-0.1, -0.05) is 49.2 Å². The number of carbonyl (C=O) groups excluding carboxylic acids is 2. The summed E-state index contributed by atoms with van der Waals surface area (Å²) in [6.07, 6.45) is 1.63. The van der Waals surface area contributed by atoms with Crippen LogP contribution in [0.2, 0.25) is 5.02 Å². The van der Waals surface area contributed by atoms with Crippen LogP contribution in [0.25, 0.3) is 5.76 Å². The molecule has 146 valence electrons. The van der Waals surface area contributed by atoms with Gasteiger partial charge in [-0.05, 0) is 36.2 Å². The summed E-state index contributed by atoms with van der Waals surface area (Å²) < 4.78 is 5.30. The zero-order valence-electron chi connectivity index (χ0n) is 15.8. The van der Waals surface area contributed by atoms with Crippen molar-refractivity contribution in [3.63, 3.8) is 0 Å². The van der Waals surface area contributed by atoms with Crippen LogP contribution >= 0.6 is 11.6 Å². The molecule has 6 heteroatoms. The van der Waals surface area contributed by atoms with Gasteiger partial charge in [-0.2, -0.15) is 0 Å². The fraction of sp³-hybridized carbons (Fsp3) is 0.273. The molecule has 1 unspecified atom stereocenters. The van der Waals surface area contributed by atoms with Crippen LogP contribution in [-0.2, 0) is 9.59 Å². The van der Waals surface area contributed by atoms with Gasteiger partial charge in [-0.3, -0.25) is 9.59 Å². The number of hydrogen-bond donors (Lipinski definition) is 1. The van der Waals surface area contributed by atoms with Gasteiger partial charge in [-0.15, -0.1) is 0 Å². The number of ketones is 1.